The molecule has 32 heavy (non-hydrogen) atoms. The fraction of sp³-hybridized carbons (Fsp3) is 0.529. The maximum Gasteiger partial charge on any atom is 0.352 e. The van der Waals surface area contributed by atoms with E-state index in [1.54, 1.807) is 5.01 Å². The number of carboxylic acids is 2. The molecule has 5 atom stereocenters. The molecule has 0 aromatic heterocycles. The number of hydrazone groups is 1. The Kier molecular flexibility index (Phi) is 5.19. The highest BCUT2D eigenvalue weighted by molar-refractivity contribution is 8.14. The quantitative estimate of drug-likeness (QED) is 0.268. The summed E-state index contributed by atoms with van der Waals surface area (Å²) in [5.41, 5.74) is 3.22. The molecule has 168 valence electrons. The van der Waals surface area contributed by atoms with Crippen molar-refractivity contribution < 1.29 is 24.6 Å². The molecular weight excluding hydrogens is 478 g/mol. The minimum Gasteiger partial charge on any atom is -0.480 e. The standard InChI is InChI=1S/C17H17N7O5S3/c18-2-6-1-8(6)12(30)19-10-13(25)23-11(16(28)29)7(4-31-14(10)23)5-32-17-20-21-24-9(15(26)27)3-22(17)24/h6,8-10,14,21H,1,3-5H2,(H,19,30)(H,26,27)(H,28,29)/t6-,8-,9?,10?,14-/m0/s1. The maximum atomic E-state index is 12.8. The molecule has 2 unspecified atom stereocenters. The van der Waals surface area contributed by atoms with Crippen molar-refractivity contribution in [3.05, 3.63) is 11.3 Å². The van der Waals surface area contributed by atoms with Crippen LogP contribution in [0.3, 0.4) is 0 Å². The Bertz CT molecular complexity index is 1040. The second-order valence-corrected chi connectivity index (χ2v) is 10.3. The van der Waals surface area contributed by atoms with Crippen LogP contribution in [0.15, 0.2) is 16.4 Å². The number of carboxylic acid groups (broad SMARTS) is 2. The van der Waals surface area contributed by atoms with Crippen LogP contribution in [0.2, 0.25) is 0 Å². The van der Waals surface area contributed by atoms with Gasteiger partial charge in [0.15, 0.2) is 6.04 Å². The minimum absolute atomic E-state index is 0.0213. The molecule has 1 saturated carbocycles. The smallest absolute Gasteiger partial charge is 0.352 e. The molecule has 1 amide bonds. The zero-order chi connectivity index (χ0) is 22.7. The van der Waals surface area contributed by atoms with Crippen molar-refractivity contribution in [1.82, 2.24) is 25.9 Å². The lowest BCUT2D eigenvalue weighted by atomic mass is 10.0. The van der Waals surface area contributed by atoms with E-state index in [0.29, 0.717) is 33.7 Å². The van der Waals surface area contributed by atoms with Gasteiger partial charge in [-0.1, -0.05) is 29.1 Å². The van der Waals surface area contributed by atoms with Gasteiger partial charge in [0.05, 0.1) is 23.5 Å². The summed E-state index contributed by atoms with van der Waals surface area (Å²) in [6.07, 6.45) is 0.687. The number of fused-ring (bicyclic) bond motifs is 2. The lowest BCUT2D eigenvalue weighted by Gasteiger charge is -2.50. The van der Waals surface area contributed by atoms with Gasteiger partial charge in [0, 0.05) is 17.4 Å². The van der Waals surface area contributed by atoms with Crippen LogP contribution in [0.1, 0.15) is 6.42 Å². The number of β-lactam (4-membered cyclic amide) rings is 1. The predicted molar refractivity (Wildman–Crippen MR) is 117 cm³/mol. The first-order valence-corrected chi connectivity index (χ1v) is 12.1. The van der Waals surface area contributed by atoms with Crippen LogP contribution in [0.5, 0.6) is 0 Å². The third kappa shape index (κ3) is 3.29. The Balaban J connectivity index is 1.23. The minimum atomic E-state index is -1.17. The van der Waals surface area contributed by atoms with E-state index in [1.165, 1.54) is 33.5 Å². The van der Waals surface area contributed by atoms with Crippen LogP contribution in [0.25, 0.3) is 0 Å². The number of amidine groups is 1. The fourth-order valence-electron chi connectivity index (χ4n) is 3.97. The summed E-state index contributed by atoms with van der Waals surface area (Å²) in [5, 5.41) is 38.3. The SMILES string of the molecule is N#C[C@@H]1C[C@@H]1C(=S)NC1C(=O)N2C(C(=O)O)=C(CSC3=NNN4C(C(=O)O)CN34)CS[C@@H]12. The van der Waals surface area contributed by atoms with E-state index in [9.17, 15) is 19.5 Å². The normalized spacial score (nSPS) is 32.5. The zero-order valence-electron chi connectivity index (χ0n) is 16.3. The first-order chi connectivity index (χ1) is 15.3. The molecule has 3 fully saturated rings. The average molecular weight is 496 g/mol. The van der Waals surface area contributed by atoms with E-state index in [2.05, 4.69) is 22.0 Å². The van der Waals surface area contributed by atoms with E-state index in [0.717, 1.165) is 0 Å². The molecule has 2 saturated heterocycles. The molecule has 1 aliphatic carbocycles. The third-order valence-corrected chi connectivity index (χ3v) is 8.68. The summed E-state index contributed by atoms with van der Waals surface area (Å²) in [6.45, 7) is 0.279. The first-order valence-electron chi connectivity index (χ1n) is 9.67. The number of carbonyl (C=O) groups is 3. The van der Waals surface area contributed by atoms with Crippen LogP contribution in [0.4, 0.5) is 0 Å². The number of hydrogen-bond donors (Lipinski definition) is 4. The number of hydrogen-bond acceptors (Lipinski definition) is 11. The van der Waals surface area contributed by atoms with Crippen LogP contribution in [-0.4, -0.2) is 88.7 Å². The molecule has 0 bridgehead atoms. The van der Waals surface area contributed by atoms with Gasteiger partial charge < -0.3 is 15.5 Å². The van der Waals surface area contributed by atoms with Crippen LogP contribution >= 0.6 is 35.7 Å². The number of hydrazine groups is 2. The van der Waals surface area contributed by atoms with Crippen molar-refractivity contribution in [2.75, 3.05) is 18.1 Å². The van der Waals surface area contributed by atoms with Crippen molar-refractivity contribution in [3.8, 4) is 6.07 Å². The molecule has 15 heteroatoms. The highest BCUT2D eigenvalue weighted by Gasteiger charge is 2.55. The number of carbonyl (C=O) groups excluding carboxylic acids is 1. The molecule has 0 radical (unpaired) electrons. The van der Waals surface area contributed by atoms with E-state index in [4.69, 9.17) is 22.6 Å². The molecular formula is C17H17N7O5S3. The van der Waals surface area contributed by atoms with Gasteiger partial charge in [0.1, 0.15) is 17.1 Å². The second kappa shape index (κ2) is 7.80. The van der Waals surface area contributed by atoms with E-state index >= 15 is 0 Å². The number of nitriles is 1. The van der Waals surface area contributed by atoms with Crippen LogP contribution in [0, 0.1) is 23.2 Å². The summed E-state index contributed by atoms with van der Waals surface area (Å²) in [7, 11) is 0. The number of nitrogens with zero attached hydrogens (tertiary/aromatic N) is 5. The number of nitrogens with one attached hydrogen (secondary N) is 2. The van der Waals surface area contributed by atoms with E-state index in [1.807, 2.05) is 0 Å². The molecule has 0 aromatic carbocycles. The maximum absolute atomic E-state index is 12.8. The van der Waals surface area contributed by atoms with Crippen molar-refractivity contribution in [2.45, 2.75) is 23.9 Å². The van der Waals surface area contributed by atoms with Crippen molar-refractivity contribution in [2.24, 2.45) is 16.9 Å². The molecule has 5 aliphatic rings. The van der Waals surface area contributed by atoms with Gasteiger partial charge in [-0.15, -0.1) is 16.9 Å². The van der Waals surface area contributed by atoms with Gasteiger partial charge >= 0.3 is 11.9 Å². The van der Waals surface area contributed by atoms with E-state index < -0.39 is 24.0 Å². The van der Waals surface area contributed by atoms with Gasteiger partial charge in [-0.2, -0.15) is 5.26 Å². The van der Waals surface area contributed by atoms with Gasteiger partial charge in [0.2, 0.25) is 5.17 Å². The number of amides is 1. The molecule has 4 aliphatic heterocycles. The predicted octanol–water partition coefficient (Wildman–Crippen LogP) is -0.806. The zero-order valence-corrected chi connectivity index (χ0v) is 18.7. The Morgan fingerprint density at radius 1 is 1.44 bits per heavy atom. The first kappa shape index (κ1) is 21.3. The monoisotopic (exact) mass is 495 g/mol. The highest BCUT2D eigenvalue weighted by atomic mass is 32.2. The lowest BCUT2D eigenvalue weighted by Crippen LogP contribution is -2.70. The fourth-order valence-corrected chi connectivity index (χ4v) is 6.79. The number of thioether (sulfide) groups is 2. The molecule has 0 spiro atoms. The van der Waals surface area contributed by atoms with Gasteiger partial charge in [-0.05, 0) is 12.0 Å². The lowest BCUT2D eigenvalue weighted by molar-refractivity contribution is -0.176. The molecule has 4 heterocycles. The summed E-state index contributed by atoms with van der Waals surface area (Å²) in [4.78, 5) is 37.7. The summed E-state index contributed by atoms with van der Waals surface area (Å²) in [6, 6.07) is 0.879. The van der Waals surface area contributed by atoms with E-state index in [-0.39, 0.29) is 35.4 Å². The molecule has 12 nitrogen and oxygen atoms in total. The van der Waals surface area contributed by atoms with Crippen LogP contribution < -0.4 is 10.9 Å². The second-order valence-electron chi connectivity index (χ2n) is 7.79. The van der Waals surface area contributed by atoms with Gasteiger partial charge in [-0.25, -0.2) is 10.3 Å². The summed E-state index contributed by atoms with van der Waals surface area (Å²) < 4.78 is 0. The molecule has 0 aromatic rings. The van der Waals surface area contributed by atoms with Crippen molar-refractivity contribution in [1.29, 1.82) is 5.26 Å². The average Bonchev–Trinajstić information content (AvgIpc) is 3.47. The topological polar surface area (TPSA) is 162 Å². The Morgan fingerprint density at radius 3 is 2.88 bits per heavy atom. The van der Waals surface area contributed by atoms with Crippen LogP contribution in [-0.2, 0) is 14.4 Å². The Morgan fingerprint density at radius 2 is 2.22 bits per heavy atom. The Labute approximate surface area is 195 Å². The van der Waals surface area contributed by atoms with Crippen molar-refractivity contribution >= 4 is 63.7 Å². The van der Waals surface area contributed by atoms with Gasteiger partial charge in [-0.3, -0.25) is 19.5 Å². The molecule has 4 N–H and O–H groups in total. The summed E-state index contributed by atoms with van der Waals surface area (Å²) in [5.74, 6) is -1.89. The molecule has 5 rings (SSSR count). The third-order valence-electron chi connectivity index (χ3n) is 5.87. The number of rotatable bonds is 6. The summed E-state index contributed by atoms with van der Waals surface area (Å²) >= 11 is 8.07. The van der Waals surface area contributed by atoms with Gasteiger partial charge in [0.25, 0.3) is 5.91 Å². The Hall–Kier alpha value is -2.54. The van der Waals surface area contributed by atoms with Crippen molar-refractivity contribution in [3.63, 3.8) is 0 Å². The highest BCUT2D eigenvalue weighted by Crippen LogP contribution is 2.43. The number of aliphatic carboxylic acids is 2. The largest absolute Gasteiger partial charge is 0.480 e. The number of thiocarbonyl (C=S) groups is 1.